The molecule has 1 rings (SSSR count). The van der Waals surface area contributed by atoms with E-state index in [-0.39, 0.29) is 0 Å². The maximum absolute atomic E-state index is 10.6. The predicted molar refractivity (Wildman–Crippen MR) is 48.0 cm³/mol. The van der Waals surface area contributed by atoms with Crippen molar-refractivity contribution in [3.8, 4) is 0 Å². The number of nitrogens with zero attached hydrogens (tertiary/aromatic N) is 1. The van der Waals surface area contributed by atoms with Crippen LogP contribution >= 0.6 is 11.3 Å². The highest BCUT2D eigenvalue weighted by molar-refractivity contribution is 7.10. The monoisotopic (exact) mass is 183 g/mol. The lowest BCUT2D eigenvalue weighted by Gasteiger charge is -1.98. The van der Waals surface area contributed by atoms with Gasteiger partial charge in [-0.15, -0.1) is 11.3 Å². The third-order valence-electron chi connectivity index (χ3n) is 1.64. The van der Waals surface area contributed by atoms with E-state index in [2.05, 4.69) is 4.98 Å². The number of hydrogen-bond donors (Lipinski definition) is 1. The first-order valence-electron chi connectivity index (χ1n) is 3.43. The molecule has 0 saturated carbocycles. The SMILES string of the molecule is CC(C(=O)O)=C(C)c1nccs1. The molecule has 0 spiro atoms. The molecular formula is C8H9NO2S. The Morgan fingerprint density at radius 1 is 1.58 bits per heavy atom. The number of carbonyl (C=O) groups is 1. The lowest BCUT2D eigenvalue weighted by molar-refractivity contribution is -0.132. The molecule has 1 aromatic rings. The molecule has 0 aliphatic heterocycles. The van der Waals surface area contributed by atoms with Crippen molar-refractivity contribution in [2.75, 3.05) is 0 Å². The third kappa shape index (κ3) is 1.71. The standard InChI is InChI=1S/C8H9NO2S/c1-5(6(2)8(10)11)7-9-3-4-12-7/h3-4H,1-2H3,(H,10,11). The summed E-state index contributed by atoms with van der Waals surface area (Å²) in [5.74, 6) is -0.886. The van der Waals surface area contributed by atoms with Gasteiger partial charge in [-0.05, 0) is 19.4 Å². The summed E-state index contributed by atoms with van der Waals surface area (Å²) in [5, 5.41) is 11.3. The molecule has 3 nitrogen and oxygen atoms in total. The van der Waals surface area contributed by atoms with Gasteiger partial charge in [-0.3, -0.25) is 0 Å². The van der Waals surface area contributed by atoms with Crippen molar-refractivity contribution in [2.24, 2.45) is 0 Å². The summed E-state index contributed by atoms with van der Waals surface area (Å²) < 4.78 is 0. The lowest BCUT2D eigenvalue weighted by Crippen LogP contribution is -1.98. The van der Waals surface area contributed by atoms with Crippen LogP contribution in [0.5, 0.6) is 0 Å². The number of hydrogen-bond acceptors (Lipinski definition) is 3. The van der Waals surface area contributed by atoms with Gasteiger partial charge in [-0.1, -0.05) is 0 Å². The van der Waals surface area contributed by atoms with Gasteiger partial charge in [0.05, 0.1) is 0 Å². The van der Waals surface area contributed by atoms with Crippen LogP contribution in [0.2, 0.25) is 0 Å². The number of rotatable bonds is 2. The smallest absolute Gasteiger partial charge is 0.331 e. The fourth-order valence-electron chi connectivity index (χ4n) is 0.729. The van der Waals surface area contributed by atoms with E-state index in [0.29, 0.717) is 5.57 Å². The minimum absolute atomic E-state index is 0.352. The van der Waals surface area contributed by atoms with Gasteiger partial charge in [0.15, 0.2) is 0 Å². The van der Waals surface area contributed by atoms with Crippen molar-refractivity contribution in [3.63, 3.8) is 0 Å². The van der Waals surface area contributed by atoms with E-state index in [4.69, 9.17) is 5.11 Å². The van der Waals surface area contributed by atoms with E-state index in [1.807, 2.05) is 5.38 Å². The zero-order valence-corrected chi connectivity index (χ0v) is 7.68. The Hall–Kier alpha value is -1.16. The molecule has 1 N–H and O–H groups in total. The van der Waals surface area contributed by atoms with E-state index in [0.717, 1.165) is 10.6 Å². The molecule has 0 atom stereocenters. The molecule has 0 fully saturated rings. The van der Waals surface area contributed by atoms with Crippen LogP contribution in [-0.4, -0.2) is 16.1 Å². The first kappa shape index (κ1) is 8.93. The molecular weight excluding hydrogens is 174 g/mol. The number of allylic oxidation sites excluding steroid dienone is 1. The van der Waals surface area contributed by atoms with Crippen molar-refractivity contribution in [3.05, 3.63) is 22.2 Å². The van der Waals surface area contributed by atoms with E-state index < -0.39 is 5.97 Å². The van der Waals surface area contributed by atoms with E-state index in [1.165, 1.54) is 11.3 Å². The van der Waals surface area contributed by atoms with Crippen LogP contribution in [-0.2, 0) is 4.79 Å². The quantitative estimate of drug-likeness (QED) is 0.713. The van der Waals surface area contributed by atoms with Crippen LogP contribution in [0.4, 0.5) is 0 Å². The van der Waals surface area contributed by atoms with Gasteiger partial charge in [-0.2, -0.15) is 0 Å². The zero-order valence-electron chi connectivity index (χ0n) is 6.87. The molecule has 0 aliphatic carbocycles. The molecule has 4 heteroatoms. The molecule has 0 aromatic carbocycles. The summed E-state index contributed by atoms with van der Waals surface area (Å²) in [6.07, 6.45) is 1.67. The Kier molecular flexibility index (Phi) is 2.60. The Morgan fingerprint density at radius 3 is 2.67 bits per heavy atom. The van der Waals surface area contributed by atoms with Gasteiger partial charge in [-0.25, -0.2) is 9.78 Å². The molecule has 0 bridgehead atoms. The van der Waals surface area contributed by atoms with Crippen molar-refractivity contribution >= 4 is 22.9 Å². The molecule has 0 unspecified atom stereocenters. The molecule has 0 aliphatic rings. The lowest BCUT2D eigenvalue weighted by atomic mass is 10.2. The number of carboxylic acid groups (broad SMARTS) is 1. The molecule has 0 radical (unpaired) electrons. The molecule has 12 heavy (non-hydrogen) atoms. The van der Waals surface area contributed by atoms with Gasteiger partial charge >= 0.3 is 5.97 Å². The molecule has 0 amide bonds. The van der Waals surface area contributed by atoms with Crippen LogP contribution in [0.3, 0.4) is 0 Å². The van der Waals surface area contributed by atoms with Crippen molar-refractivity contribution in [1.29, 1.82) is 0 Å². The van der Waals surface area contributed by atoms with E-state index in [1.54, 1.807) is 20.0 Å². The summed E-state index contributed by atoms with van der Waals surface area (Å²) in [6, 6.07) is 0. The third-order valence-corrected chi connectivity index (χ3v) is 2.53. The number of aromatic nitrogens is 1. The second kappa shape index (κ2) is 3.49. The Balaban J connectivity index is 3.05. The fourth-order valence-corrected chi connectivity index (χ4v) is 1.43. The predicted octanol–water partition coefficient (Wildman–Crippen LogP) is 2.02. The Labute approximate surface area is 74.4 Å². The van der Waals surface area contributed by atoms with E-state index in [9.17, 15) is 4.79 Å². The average Bonchev–Trinajstić information content (AvgIpc) is 2.53. The second-order valence-electron chi connectivity index (χ2n) is 2.39. The zero-order chi connectivity index (χ0) is 9.14. The molecule has 0 saturated heterocycles. The maximum atomic E-state index is 10.6. The summed E-state index contributed by atoms with van der Waals surface area (Å²) in [5.41, 5.74) is 1.09. The second-order valence-corrected chi connectivity index (χ2v) is 3.29. The highest BCUT2D eigenvalue weighted by Crippen LogP contribution is 2.19. The van der Waals surface area contributed by atoms with Gasteiger partial charge in [0, 0.05) is 17.2 Å². The minimum atomic E-state index is -0.886. The molecule has 64 valence electrons. The fraction of sp³-hybridized carbons (Fsp3) is 0.250. The first-order valence-corrected chi connectivity index (χ1v) is 4.31. The minimum Gasteiger partial charge on any atom is -0.478 e. The molecule has 1 aromatic heterocycles. The van der Waals surface area contributed by atoms with Crippen molar-refractivity contribution < 1.29 is 9.90 Å². The normalized spacial score (nSPS) is 12.5. The van der Waals surface area contributed by atoms with Crippen molar-refractivity contribution in [2.45, 2.75) is 13.8 Å². The average molecular weight is 183 g/mol. The molecule has 1 heterocycles. The Bertz CT molecular complexity index is 314. The van der Waals surface area contributed by atoms with E-state index >= 15 is 0 Å². The van der Waals surface area contributed by atoms with Crippen molar-refractivity contribution in [1.82, 2.24) is 4.98 Å². The van der Waals surface area contributed by atoms with Gasteiger partial charge in [0.1, 0.15) is 5.01 Å². The summed E-state index contributed by atoms with van der Waals surface area (Å²) in [4.78, 5) is 14.6. The van der Waals surface area contributed by atoms with Gasteiger partial charge in [0.25, 0.3) is 0 Å². The van der Waals surface area contributed by atoms with Gasteiger partial charge < -0.3 is 5.11 Å². The van der Waals surface area contributed by atoms with Crippen LogP contribution < -0.4 is 0 Å². The summed E-state index contributed by atoms with van der Waals surface area (Å²) in [6.45, 7) is 3.35. The van der Waals surface area contributed by atoms with Crippen LogP contribution in [0.25, 0.3) is 5.57 Å². The highest BCUT2D eigenvalue weighted by Gasteiger charge is 2.08. The van der Waals surface area contributed by atoms with Crippen LogP contribution in [0, 0.1) is 0 Å². The first-order chi connectivity index (χ1) is 5.63. The summed E-state index contributed by atoms with van der Waals surface area (Å²) in [7, 11) is 0. The number of thiazole rings is 1. The van der Waals surface area contributed by atoms with Gasteiger partial charge in [0.2, 0.25) is 0 Å². The Morgan fingerprint density at radius 2 is 2.25 bits per heavy atom. The number of aliphatic carboxylic acids is 1. The highest BCUT2D eigenvalue weighted by atomic mass is 32.1. The largest absolute Gasteiger partial charge is 0.478 e. The topological polar surface area (TPSA) is 50.2 Å². The summed E-state index contributed by atoms with van der Waals surface area (Å²) >= 11 is 1.44. The van der Waals surface area contributed by atoms with Crippen LogP contribution in [0.1, 0.15) is 18.9 Å². The number of carboxylic acids is 1. The maximum Gasteiger partial charge on any atom is 0.331 e. The van der Waals surface area contributed by atoms with Crippen LogP contribution in [0.15, 0.2) is 17.2 Å².